The second kappa shape index (κ2) is 2.90. The van der Waals surface area contributed by atoms with Crippen molar-refractivity contribution in [3.05, 3.63) is 34.0 Å². The van der Waals surface area contributed by atoms with Crippen LogP contribution < -0.4 is 0 Å². The maximum absolute atomic E-state index is 9.30. The molecular weight excluding hydrogens is 265 g/mol. The van der Waals surface area contributed by atoms with E-state index in [9.17, 15) is 5.11 Å². The smallest absolute Gasteiger partial charge is 0.225 e. The molecule has 0 amide bonds. The fraction of sp³-hybridized carbons (Fsp3) is 0. The summed E-state index contributed by atoms with van der Waals surface area (Å²) in [6, 6.07) is 7.85. The van der Waals surface area contributed by atoms with Gasteiger partial charge in [-0.15, -0.1) is 0 Å². The molecule has 0 aliphatic carbocycles. The Hall–Kier alpha value is -0.840. The van der Waals surface area contributed by atoms with Crippen LogP contribution in [0.5, 0.6) is 5.88 Å². The van der Waals surface area contributed by atoms with E-state index in [0.717, 1.165) is 14.3 Å². The minimum Gasteiger partial charge on any atom is -0.493 e. The van der Waals surface area contributed by atoms with Gasteiger partial charge in [-0.3, -0.25) is 0 Å². The van der Waals surface area contributed by atoms with Gasteiger partial charge in [0.1, 0.15) is 0 Å². The van der Waals surface area contributed by atoms with Crippen LogP contribution in [0.15, 0.2) is 30.5 Å². The van der Waals surface area contributed by atoms with E-state index in [0.29, 0.717) is 0 Å². The van der Waals surface area contributed by atoms with Crippen LogP contribution in [0.1, 0.15) is 0 Å². The molecule has 0 saturated carbocycles. The molecule has 0 unspecified atom stereocenters. The summed E-state index contributed by atoms with van der Waals surface area (Å²) in [6.07, 6.45) is 1.67. The zero-order valence-electron chi connectivity index (χ0n) is 6.16. The Bertz CT molecular complexity index is 428. The third-order valence-electron chi connectivity index (χ3n) is 1.72. The summed E-state index contributed by atoms with van der Waals surface area (Å²) in [4.78, 5) is 3.85. The minimum absolute atomic E-state index is 0.106. The summed E-state index contributed by atoms with van der Waals surface area (Å²) < 4.78 is 0.811. The fourth-order valence-electron chi connectivity index (χ4n) is 1.12. The summed E-state index contributed by atoms with van der Waals surface area (Å²) in [5, 5.41) is 11.4. The van der Waals surface area contributed by atoms with Gasteiger partial charge in [0.25, 0.3) is 0 Å². The van der Waals surface area contributed by atoms with E-state index < -0.39 is 0 Å². The van der Waals surface area contributed by atoms with Crippen molar-refractivity contribution in [2.45, 2.75) is 0 Å². The number of nitrogens with zero attached hydrogens (tertiary/aromatic N) is 1. The van der Waals surface area contributed by atoms with Gasteiger partial charge in [-0.25, -0.2) is 4.98 Å². The Morgan fingerprint density at radius 2 is 2.00 bits per heavy atom. The molecule has 3 heteroatoms. The molecule has 12 heavy (non-hydrogen) atoms. The molecule has 0 aliphatic rings. The molecule has 0 atom stereocenters. The predicted octanol–water partition coefficient (Wildman–Crippen LogP) is 2.55. The zero-order chi connectivity index (χ0) is 8.55. The summed E-state index contributed by atoms with van der Waals surface area (Å²) >= 11 is 2.09. The number of benzene rings is 1. The number of hydrogen-bond acceptors (Lipinski definition) is 2. The number of aromatic hydroxyl groups is 1. The second-order valence-corrected chi connectivity index (χ2v) is 3.56. The molecule has 0 aliphatic heterocycles. The highest BCUT2D eigenvalue weighted by Gasteiger charge is 2.02. The fourth-order valence-corrected chi connectivity index (χ4v) is 1.75. The van der Waals surface area contributed by atoms with Gasteiger partial charge in [0.15, 0.2) is 0 Å². The van der Waals surface area contributed by atoms with Gasteiger partial charge in [-0.1, -0.05) is 24.3 Å². The molecule has 1 heterocycles. The lowest BCUT2D eigenvalue weighted by molar-refractivity contribution is 0.451. The quantitative estimate of drug-likeness (QED) is 0.747. The number of pyridine rings is 1. The standard InChI is InChI=1S/C9H6INO/c10-8-7-4-2-1-3-6(7)5-11-9(8)12/h1-5H,(H,11,12). The van der Waals surface area contributed by atoms with Crippen molar-refractivity contribution in [3.63, 3.8) is 0 Å². The average Bonchev–Trinajstić information content (AvgIpc) is 2.12. The SMILES string of the molecule is Oc1ncc2ccccc2c1I. The highest BCUT2D eigenvalue weighted by molar-refractivity contribution is 14.1. The minimum atomic E-state index is 0.106. The topological polar surface area (TPSA) is 33.1 Å². The maximum atomic E-state index is 9.30. The molecule has 0 radical (unpaired) electrons. The van der Waals surface area contributed by atoms with Crippen molar-refractivity contribution in [1.29, 1.82) is 0 Å². The largest absolute Gasteiger partial charge is 0.493 e. The van der Waals surface area contributed by atoms with Crippen molar-refractivity contribution < 1.29 is 5.11 Å². The molecule has 0 fully saturated rings. The molecule has 2 rings (SSSR count). The number of aromatic nitrogens is 1. The predicted molar refractivity (Wildman–Crippen MR) is 56.1 cm³/mol. The van der Waals surface area contributed by atoms with E-state index in [1.165, 1.54) is 0 Å². The van der Waals surface area contributed by atoms with Crippen molar-refractivity contribution in [2.24, 2.45) is 0 Å². The number of hydrogen-bond donors (Lipinski definition) is 1. The Morgan fingerprint density at radius 1 is 1.25 bits per heavy atom. The van der Waals surface area contributed by atoms with Gasteiger partial charge in [0.05, 0.1) is 3.57 Å². The highest BCUT2D eigenvalue weighted by Crippen LogP contribution is 2.25. The molecule has 0 spiro atoms. The lowest BCUT2D eigenvalue weighted by Crippen LogP contribution is -1.82. The van der Waals surface area contributed by atoms with E-state index in [1.807, 2.05) is 24.3 Å². The van der Waals surface area contributed by atoms with Crippen LogP contribution in [0.3, 0.4) is 0 Å². The van der Waals surface area contributed by atoms with Crippen molar-refractivity contribution in [2.75, 3.05) is 0 Å². The molecule has 1 N–H and O–H groups in total. The van der Waals surface area contributed by atoms with Gasteiger partial charge in [0.2, 0.25) is 5.88 Å². The van der Waals surface area contributed by atoms with Crippen molar-refractivity contribution in [1.82, 2.24) is 4.98 Å². The first-order chi connectivity index (χ1) is 5.79. The first-order valence-corrected chi connectivity index (χ1v) is 4.59. The molecule has 0 bridgehead atoms. The van der Waals surface area contributed by atoms with Gasteiger partial charge >= 0.3 is 0 Å². The van der Waals surface area contributed by atoms with Crippen LogP contribution in [0.2, 0.25) is 0 Å². The van der Waals surface area contributed by atoms with Crippen LogP contribution in [0.4, 0.5) is 0 Å². The molecular formula is C9H6INO. The molecule has 2 nitrogen and oxygen atoms in total. The van der Waals surface area contributed by atoms with Crippen LogP contribution >= 0.6 is 22.6 Å². The van der Waals surface area contributed by atoms with Crippen LogP contribution in [0, 0.1) is 3.57 Å². The number of halogens is 1. The Labute approximate surface area is 83.4 Å². The zero-order valence-corrected chi connectivity index (χ0v) is 8.32. The second-order valence-electron chi connectivity index (χ2n) is 2.48. The lowest BCUT2D eigenvalue weighted by atomic mass is 10.2. The molecule has 0 saturated heterocycles. The van der Waals surface area contributed by atoms with E-state index >= 15 is 0 Å². The maximum Gasteiger partial charge on any atom is 0.225 e. The third kappa shape index (κ3) is 1.14. The Kier molecular flexibility index (Phi) is 1.88. The first kappa shape index (κ1) is 7.79. The lowest BCUT2D eigenvalue weighted by Gasteiger charge is -2.00. The van der Waals surface area contributed by atoms with E-state index in [4.69, 9.17) is 0 Å². The van der Waals surface area contributed by atoms with E-state index in [1.54, 1.807) is 6.20 Å². The molecule has 1 aromatic heterocycles. The van der Waals surface area contributed by atoms with Crippen LogP contribution in [-0.2, 0) is 0 Å². The van der Waals surface area contributed by atoms with Crippen molar-refractivity contribution >= 4 is 33.4 Å². The Balaban J connectivity index is 2.91. The third-order valence-corrected chi connectivity index (χ3v) is 2.78. The Morgan fingerprint density at radius 3 is 2.83 bits per heavy atom. The highest BCUT2D eigenvalue weighted by atomic mass is 127. The van der Waals surface area contributed by atoms with Crippen LogP contribution in [0.25, 0.3) is 10.8 Å². The first-order valence-electron chi connectivity index (χ1n) is 3.51. The van der Waals surface area contributed by atoms with Gasteiger partial charge in [-0.2, -0.15) is 0 Å². The normalized spacial score (nSPS) is 10.4. The van der Waals surface area contributed by atoms with Gasteiger partial charge in [0, 0.05) is 17.0 Å². The van der Waals surface area contributed by atoms with Gasteiger partial charge in [-0.05, 0) is 22.6 Å². The van der Waals surface area contributed by atoms with E-state index in [-0.39, 0.29) is 5.88 Å². The summed E-state index contributed by atoms with van der Waals surface area (Å²) in [5.41, 5.74) is 0. The van der Waals surface area contributed by atoms with Crippen LogP contribution in [-0.4, -0.2) is 10.1 Å². The summed E-state index contributed by atoms with van der Waals surface area (Å²) in [6.45, 7) is 0. The van der Waals surface area contributed by atoms with Gasteiger partial charge < -0.3 is 5.11 Å². The summed E-state index contributed by atoms with van der Waals surface area (Å²) in [7, 11) is 0. The van der Waals surface area contributed by atoms with E-state index in [2.05, 4.69) is 27.6 Å². The molecule has 2 aromatic rings. The van der Waals surface area contributed by atoms with Crippen molar-refractivity contribution in [3.8, 4) is 5.88 Å². The number of fused-ring (bicyclic) bond motifs is 1. The summed E-state index contributed by atoms with van der Waals surface area (Å²) in [5.74, 6) is 0.106. The number of rotatable bonds is 0. The molecule has 60 valence electrons. The average molecular weight is 271 g/mol. The molecule has 1 aromatic carbocycles. The monoisotopic (exact) mass is 271 g/mol.